The van der Waals surface area contributed by atoms with Gasteiger partial charge in [0.25, 0.3) is 0 Å². The number of nitrogens with zero attached hydrogens (tertiary/aromatic N) is 5. The standard InChI is InChI=1S/C16H22N6O2/c1-10-6-4-5-7-13(10)19-16-18-11(2)14(22(23)24)15(20-16)21-9-8-17-12(21)3/h8-10,13H,4-7H2,1-3H3,(H,18,19,20)/t10-,13-/m1/s1. The number of aryl methyl sites for hydroxylation is 2. The molecule has 128 valence electrons. The van der Waals surface area contributed by atoms with Crippen LogP contribution in [0.1, 0.15) is 44.1 Å². The van der Waals surface area contributed by atoms with Gasteiger partial charge in [-0.25, -0.2) is 9.97 Å². The maximum absolute atomic E-state index is 11.5. The summed E-state index contributed by atoms with van der Waals surface area (Å²) in [5.41, 5.74) is 0.266. The van der Waals surface area contributed by atoms with Crippen LogP contribution in [0.4, 0.5) is 11.6 Å². The average molecular weight is 330 g/mol. The van der Waals surface area contributed by atoms with Crippen LogP contribution in [0.5, 0.6) is 0 Å². The lowest BCUT2D eigenvalue weighted by Gasteiger charge is -2.29. The lowest BCUT2D eigenvalue weighted by atomic mass is 9.86. The summed E-state index contributed by atoms with van der Waals surface area (Å²) in [7, 11) is 0. The van der Waals surface area contributed by atoms with Crippen molar-refractivity contribution < 1.29 is 4.92 Å². The van der Waals surface area contributed by atoms with Crippen LogP contribution in [-0.4, -0.2) is 30.5 Å². The van der Waals surface area contributed by atoms with Gasteiger partial charge in [0.1, 0.15) is 11.5 Å². The molecule has 2 heterocycles. The van der Waals surface area contributed by atoms with Gasteiger partial charge in [-0.2, -0.15) is 4.98 Å². The van der Waals surface area contributed by atoms with E-state index in [0.29, 0.717) is 29.4 Å². The van der Waals surface area contributed by atoms with E-state index in [1.54, 1.807) is 30.8 Å². The lowest BCUT2D eigenvalue weighted by Crippen LogP contribution is -2.31. The van der Waals surface area contributed by atoms with E-state index in [1.165, 1.54) is 19.3 Å². The number of nitrogens with one attached hydrogen (secondary N) is 1. The van der Waals surface area contributed by atoms with E-state index in [4.69, 9.17) is 0 Å². The van der Waals surface area contributed by atoms with E-state index >= 15 is 0 Å². The molecule has 0 aromatic carbocycles. The van der Waals surface area contributed by atoms with Gasteiger partial charge in [0, 0.05) is 18.4 Å². The third kappa shape index (κ3) is 3.08. The van der Waals surface area contributed by atoms with Crippen LogP contribution >= 0.6 is 0 Å². The summed E-state index contributed by atoms with van der Waals surface area (Å²) < 4.78 is 1.63. The van der Waals surface area contributed by atoms with E-state index in [0.717, 1.165) is 6.42 Å². The fraction of sp³-hybridized carbons (Fsp3) is 0.562. The largest absolute Gasteiger partial charge is 0.351 e. The number of hydrogen-bond donors (Lipinski definition) is 1. The predicted molar refractivity (Wildman–Crippen MR) is 90.3 cm³/mol. The summed E-state index contributed by atoms with van der Waals surface area (Å²) in [6, 6.07) is 0.302. The Balaban J connectivity index is 2.01. The molecule has 1 aliphatic rings. The minimum Gasteiger partial charge on any atom is -0.351 e. The Morgan fingerprint density at radius 1 is 1.29 bits per heavy atom. The fourth-order valence-electron chi connectivity index (χ4n) is 3.30. The number of imidazole rings is 1. The topological polar surface area (TPSA) is 98.8 Å². The first-order valence-corrected chi connectivity index (χ1v) is 8.27. The molecular weight excluding hydrogens is 308 g/mol. The van der Waals surface area contributed by atoms with Crippen molar-refractivity contribution in [2.45, 2.75) is 52.5 Å². The molecule has 0 saturated heterocycles. The molecule has 1 fully saturated rings. The summed E-state index contributed by atoms with van der Waals surface area (Å²) in [5.74, 6) is 1.89. The molecule has 0 spiro atoms. The Kier molecular flexibility index (Phi) is 4.46. The van der Waals surface area contributed by atoms with Gasteiger partial charge in [0.15, 0.2) is 0 Å². The van der Waals surface area contributed by atoms with Crippen LogP contribution in [0, 0.1) is 29.9 Å². The third-order valence-electron chi connectivity index (χ3n) is 4.70. The zero-order chi connectivity index (χ0) is 17.3. The molecule has 8 nitrogen and oxygen atoms in total. The minimum atomic E-state index is -0.433. The summed E-state index contributed by atoms with van der Waals surface area (Å²) in [4.78, 5) is 24.0. The second-order valence-electron chi connectivity index (χ2n) is 6.42. The van der Waals surface area contributed by atoms with E-state index in [-0.39, 0.29) is 11.5 Å². The van der Waals surface area contributed by atoms with Crippen LogP contribution in [0.2, 0.25) is 0 Å². The molecule has 0 amide bonds. The minimum absolute atomic E-state index is 0.0849. The van der Waals surface area contributed by atoms with Gasteiger partial charge >= 0.3 is 5.69 Å². The van der Waals surface area contributed by atoms with Crippen molar-refractivity contribution in [3.05, 3.63) is 34.0 Å². The van der Waals surface area contributed by atoms with Gasteiger partial charge < -0.3 is 5.32 Å². The van der Waals surface area contributed by atoms with E-state index in [1.807, 2.05) is 0 Å². The Morgan fingerprint density at radius 3 is 2.67 bits per heavy atom. The van der Waals surface area contributed by atoms with Crippen LogP contribution in [0.25, 0.3) is 5.82 Å². The fourth-order valence-corrected chi connectivity index (χ4v) is 3.30. The highest BCUT2D eigenvalue weighted by molar-refractivity contribution is 5.54. The predicted octanol–water partition coefficient (Wildman–Crippen LogP) is 3.18. The van der Waals surface area contributed by atoms with Gasteiger partial charge in [0.05, 0.1) is 4.92 Å². The number of anilines is 1. The van der Waals surface area contributed by atoms with Gasteiger partial charge in [-0.1, -0.05) is 19.8 Å². The number of aromatic nitrogens is 4. The molecule has 1 aliphatic carbocycles. The average Bonchev–Trinajstić information content (AvgIpc) is 2.94. The molecule has 2 atom stereocenters. The van der Waals surface area contributed by atoms with Crippen molar-refractivity contribution in [1.29, 1.82) is 0 Å². The highest BCUT2D eigenvalue weighted by atomic mass is 16.6. The summed E-state index contributed by atoms with van der Waals surface area (Å²) in [5, 5.41) is 14.9. The Labute approximate surface area is 140 Å². The van der Waals surface area contributed by atoms with E-state index in [2.05, 4.69) is 27.2 Å². The molecule has 3 rings (SSSR count). The highest BCUT2D eigenvalue weighted by Crippen LogP contribution is 2.29. The van der Waals surface area contributed by atoms with Crippen LogP contribution in [0.3, 0.4) is 0 Å². The molecule has 1 saturated carbocycles. The summed E-state index contributed by atoms with van der Waals surface area (Å²) in [6.45, 7) is 5.65. The van der Waals surface area contributed by atoms with Crippen molar-refractivity contribution >= 4 is 11.6 Å². The van der Waals surface area contributed by atoms with Crippen molar-refractivity contribution in [2.75, 3.05) is 5.32 Å². The van der Waals surface area contributed by atoms with E-state index < -0.39 is 4.92 Å². The van der Waals surface area contributed by atoms with E-state index in [9.17, 15) is 10.1 Å². The highest BCUT2D eigenvalue weighted by Gasteiger charge is 2.27. The number of rotatable bonds is 4. The van der Waals surface area contributed by atoms with Crippen molar-refractivity contribution in [2.24, 2.45) is 5.92 Å². The normalized spacial score (nSPS) is 20.8. The third-order valence-corrected chi connectivity index (χ3v) is 4.70. The first kappa shape index (κ1) is 16.4. The maximum atomic E-state index is 11.5. The molecule has 0 unspecified atom stereocenters. The Bertz CT molecular complexity index is 757. The number of hydrogen-bond acceptors (Lipinski definition) is 6. The number of nitro groups is 1. The molecular formula is C16H22N6O2. The zero-order valence-corrected chi connectivity index (χ0v) is 14.2. The maximum Gasteiger partial charge on any atom is 0.333 e. The van der Waals surface area contributed by atoms with Gasteiger partial charge in [0.2, 0.25) is 11.8 Å². The smallest absolute Gasteiger partial charge is 0.333 e. The zero-order valence-electron chi connectivity index (χ0n) is 14.2. The van der Waals surface area contributed by atoms with Crippen molar-refractivity contribution in [1.82, 2.24) is 19.5 Å². The second-order valence-corrected chi connectivity index (χ2v) is 6.42. The first-order chi connectivity index (χ1) is 11.5. The molecule has 24 heavy (non-hydrogen) atoms. The quantitative estimate of drug-likeness (QED) is 0.683. The van der Waals surface area contributed by atoms with Gasteiger partial charge in [-0.05, 0) is 32.6 Å². The van der Waals surface area contributed by atoms with Crippen molar-refractivity contribution in [3.63, 3.8) is 0 Å². The van der Waals surface area contributed by atoms with Crippen LogP contribution < -0.4 is 5.32 Å². The SMILES string of the molecule is Cc1nc(N[C@@H]2CCCC[C@H]2C)nc(-n2ccnc2C)c1[N+](=O)[O-]. The summed E-state index contributed by atoms with van der Waals surface area (Å²) >= 11 is 0. The van der Waals surface area contributed by atoms with Gasteiger partial charge in [-0.15, -0.1) is 0 Å². The molecule has 0 aliphatic heterocycles. The summed E-state index contributed by atoms with van der Waals surface area (Å²) in [6.07, 6.45) is 7.96. The second kappa shape index (κ2) is 6.54. The molecule has 8 heteroatoms. The first-order valence-electron chi connectivity index (χ1n) is 8.27. The lowest BCUT2D eigenvalue weighted by molar-refractivity contribution is -0.385. The Hall–Kier alpha value is -2.51. The molecule has 1 N–H and O–H groups in total. The Morgan fingerprint density at radius 2 is 2.04 bits per heavy atom. The monoisotopic (exact) mass is 330 g/mol. The van der Waals surface area contributed by atoms with Crippen LogP contribution in [-0.2, 0) is 0 Å². The molecule has 2 aromatic heterocycles. The van der Waals surface area contributed by atoms with Crippen LogP contribution in [0.15, 0.2) is 12.4 Å². The molecule has 0 radical (unpaired) electrons. The molecule has 2 aromatic rings. The van der Waals surface area contributed by atoms with Crippen molar-refractivity contribution in [3.8, 4) is 5.82 Å². The van der Waals surface area contributed by atoms with Gasteiger partial charge in [-0.3, -0.25) is 14.7 Å². The molecule has 0 bridgehead atoms.